The van der Waals surface area contributed by atoms with Crippen molar-refractivity contribution >= 4 is 21.6 Å². The molecule has 1 atom stereocenters. The van der Waals surface area contributed by atoms with E-state index in [1.54, 1.807) is 13.0 Å². The molecule has 0 amide bonds. The van der Waals surface area contributed by atoms with Crippen LogP contribution in [-0.4, -0.2) is 20.3 Å². The van der Waals surface area contributed by atoms with Crippen LogP contribution in [0.2, 0.25) is 0 Å². The second-order valence-corrected chi connectivity index (χ2v) is 6.68. The van der Waals surface area contributed by atoms with E-state index in [0.717, 1.165) is 24.0 Å². The minimum atomic E-state index is -3.44. The molecule has 0 aliphatic carbocycles. The van der Waals surface area contributed by atoms with Gasteiger partial charge in [0.2, 0.25) is 10.0 Å². The number of nitrogens with one attached hydrogen (secondary N) is 1. The first kappa shape index (κ1) is 15.5. The Labute approximate surface area is 115 Å². The molecule has 5 heteroatoms. The van der Waals surface area contributed by atoms with Crippen LogP contribution in [0.3, 0.4) is 0 Å². The lowest BCUT2D eigenvalue weighted by atomic mass is 10.2. The Morgan fingerprint density at radius 1 is 1.33 bits per heavy atom. The Balaban J connectivity index is 2.89. The van der Waals surface area contributed by atoms with E-state index < -0.39 is 10.0 Å². The molecule has 0 radical (unpaired) electrons. The number of aryl methyl sites for hydroxylation is 2. The zero-order chi connectivity index (χ0) is 13.8. The van der Waals surface area contributed by atoms with Crippen molar-refractivity contribution in [2.24, 2.45) is 0 Å². The van der Waals surface area contributed by atoms with Crippen LogP contribution < -0.4 is 4.72 Å². The first-order chi connectivity index (χ1) is 8.36. The largest absolute Gasteiger partial charge is 0.241 e. The maximum atomic E-state index is 12.2. The molecule has 1 unspecified atom stereocenters. The van der Waals surface area contributed by atoms with E-state index >= 15 is 0 Å². The lowest BCUT2D eigenvalue weighted by Gasteiger charge is -2.15. The van der Waals surface area contributed by atoms with Crippen molar-refractivity contribution in [1.29, 1.82) is 0 Å². The van der Waals surface area contributed by atoms with Gasteiger partial charge in [-0.15, -0.1) is 11.6 Å². The third kappa shape index (κ3) is 4.26. The number of sulfonamides is 1. The van der Waals surface area contributed by atoms with Gasteiger partial charge in [-0.1, -0.05) is 12.1 Å². The molecule has 3 nitrogen and oxygen atoms in total. The van der Waals surface area contributed by atoms with Gasteiger partial charge in [-0.05, 0) is 50.8 Å². The number of hydrogen-bond donors (Lipinski definition) is 1. The van der Waals surface area contributed by atoms with Gasteiger partial charge in [0.1, 0.15) is 0 Å². The Hall–Kier alpha value is -0.580. The molecule has 0 saturated carbocycles. The first-order valence-corrected chi connectivity index (χ1v) is 8.04. The standard InChI is InChI=1S/C13H20ClNO2S/c1-10-6-7-11(2)13(9-10)18(16,17)15-12(3)5-4-8-14/h6-7,9,12,15H,4-5,8H2,1-3H3. The average molecular weight is 290 g/mol. The van der Waals surface area contributed by atoms with Gasteiger partial charge in [0.05, 0.1) is 4.90 Å². The summed E-state index contributed by atoms with van der Waals surface area (Å²) in [4.78, 5) is 0.361. The van der Waals surface area contributed by atoms with E-state index in [2.05, 4.69) is 4.72 Å². The molecule has 0 aromatic heterocycles. The van der Waals surface area contributed by atoms with Crippen molar-refractivity contribution in [2.45, 2.75) is 44.6 Å². The SMILES string of the molecule is Cc1ccc(C)c(S(=O)(=O)NC(C)CCCCl)c1. The van der Waals surface area contributed by atoms with Crippen molar-refractivity contribution in [3.8, 4) is 0 Å². The summed E-state index contributed by atoms with van der Waals surface area (Å²) in [6.45, 7) is 5.54. The van der Waals surface area contributed by atoms with E-state index in [9.17, 15) is 8.42 Å². The van der Waals surface area contributed by atoms with E-state index in [1.807, 2.05) is 26.0 Å². The summed E-state index contributed by atoms with van der Waals surface area (Å²) in [5.74, 6) is 0.551. The van der Waals surface area contributed by atoms with Crippen LogP contribution in [0, 0.1) is 13.8 Å². The van der Waals surface area contributed by atoms with Crippen LogP contribution in [0.5, 0.6) is 0 Å². The number of halogens is 1. The number of alkyl halides is 1. The van der Waals surface area contributed by atoms with Crippen molar-refractivity contribution in [3.05, 3.63) is 29.3 Å². The van der Waals surface area contributed by atoms with Gasteiger partial charge < -0.3 is 0 Å². The molecule has 0 aliphatic heterocycles. The summed E-state index contributed by atoms with van der Waals surface area (Å²) in [6, 6.07) is 5.33. The maximum absolute atomic E-state index is 12.2. The van der Waals surface area contributed by atoms with Crippen molar-refractivity contribution in [1.82, 2.24) is 4.72 Å². The number of benzene rings is 1. The monoisotopic (exact) mass is 289 g/mol. The fraction of sp³-hybridized carbons (Fsp3) is 0.538. The highest BCUT2D eigenvalue weighted by Crippen LogP contribution is 2.17. The van der Waals surface area contributed by atoms with Gasteiger partial charge in [-0.25, -0.2) is 13.1 Å². The highest BCUT2D eigenvalue weighted by molar-refractivity contribution is 7.89. The molecule has 1 aromatic carbocycles. The Bertz CT molecular complexity index is 500. The fourth-order valence-electron chi connectivity index (χ4n) is 1.77. The minimum Gasteiger partial charge on any atom is -0.208 e. The van der Waals surface area contributed by atoms with Crippen LogP contribution in [-0.2, 0) is 10.0 Å². The van der Waals surface area contributed by atoms with Gasteiger partial charge in [0, 0.05) is 11.9 Å². The Morgan fingerprint density at radius 2 is 2.00 bits per heavy atom. The molecule has 0 aliphatic rings. The maximum Gasteiger partial charge on any atom is 0.241 e. The van der Waals surface area contributed by atoms with Crippen LogP contribution >= 0.6 is 11.6 Å². The molecule has 0 fully saturated rings. The fourth-order valence-corrected chi connectivity index (χ4v) is 3.53. The lowest BCUT2D eigenvalue weighted by Crippen LogP contribution is -2.33. The van der Waals surface area contributed by atoms with Gasteiger partial charge >= 0.3 is 0 Å². The quantitative estimate of drug-likeness (QED) is 0.818. The van der Waals surface area contributed by atoms with Gasteiger partial charge in [0.25, 0.3) is 0 Å². The van der Waals surface area contributed by atoms with E-state index in [1.165, 1.54) is 0 Å². The third-order valence-electron chi connectivity index (χ3n) is 2.76. The molecule has 0 bridgehead atoms. The van der Waals surface area contributed by atoms with Crippen molar-refractivity contribution in [2.75, 3.05) is 5.88 Å². The molecule has 0 saturated heterocycles. The van der Waals surface area contributed by atoms with E-state index in [-0.39, 0.29) is 6.04 Å². The second-order valence-electron chi connectivity index (χ2n) is 4.62. The van der Waals surface area contributed by atoms with Gasteiger partial charge in [-0.3, -0.25) is 0 Å². The Morgan fingerprint density at radius 3 is 2.61 bits per heavy atom. The summed E-state index contributed by atoms with van der Waals surface area (Å²) < 4.78 is 27.2. The van der Waals surface area contributed by atoms with Crippen LogP contribution in [0.25, 0.3) is 0 Å². The number of rotatable bonds is 6. The molecular formula is C13H20ClNO2S. The molecule has 1 rings (SSSR count). The predicted octanol–water partition coefficient (Wildman–Crippen LogP) is 2.99. The average Bonchev–Trinajstić information content (AvgIpc) is 2.29. The van der Waals surface area contributed by atoms with Crippen LogP contribution in [0.4, 0.5) is 0 Å². The van der Waals surface area contributed by atoms with Crippen LogP contribution in [0.15, 0.2) is 23.1 Å². The topological polar surface area (TPSA) is 46.2 Å². The summed E-state index contributed by atoms with van der Waals surface area (Å²) in [7, 11) is -3.44. The first-order valence-electron chi connectivity index (χ1n) is 6.02. The zero-order valence-corrected chi connectivity index (χ0v) is 12.6. The molecular weight excluding hydrogens is 270 g/mol. The lowest BCUT2D eigenvalue weighted by molar-refractivity contribution is 0.544. The highest BCUT2D eigenvalue weighted by atomic mass is 35.5. The minimum absolute atomic E-state index is 0.103. The molecule has 0 heterocycles. The summed E-state index contributed by atoms with van der Waals surface area (Å²) >= 11 is 5.60. The second kappa shape index (κ2) is 6.55. The van der Waals surface area contributed by atoms with E-state index in [0.29, 0.717) is 10.8 Å². The normalized spacial score (nSPS) is 13.6. The summed E-state index contributed by atoms with van der Waals surface area (Å²) in [6.07, 6.45) is 1.55. The summed E-state index contributed by atoms with van der Waals surface area (Å²) in [5, 5.41) is 0. The molecule has 0 spiro atoms. The van der Waals surface area contributed by atoms with Crippen molar-refractivity contribution in [3.63, 3.8) is 0 Å². The predicted molar refractivity (Wildman–Crippen MR) is 75.7 cm³/mol. The Kier molecular flexibility index (Phi) is 5.63. The van der Waals surface area contributed by atoms with Crippen molar-refractivity contribution < 1.29 is 8.42 Å². The smallest absolute Gasteiger partial charge is 0.208 e. The summed E-state index contributed by atoms with van der Waals surface area (Å²) in [5.41, 5.74) is 1.70. The molecule has 18 heavy (non-hydrogen) atoms. The van der Waals surface area contributed by atoms with Gasteiger partial charge in [0.15, 0.2) is 0 Å². The number of hydrogen-bond acceptors (Lipinski definition) is 2. The molecule has 102 valence electrons. The van der Waals surface area contributed by atoms with Crippen LogP contribution in [0.1, 0.15) is 30.9 Å². The van der Waals surface area contributed by atoms with E-state index in [4.69, 9.17) is 11.6 Å². The third-order valence-corrected chi connectivity index (χ3v) is 4.76. The molecule has 1 N–H and O–H groups in total. The highest BCUT2D eigenvalue weighted by Gasteiger charge is 2.19. The zero-order valence-electron chi connectivity index (χ0n) is 11.0. The molecule has 1 aromatic rings. The van der Waals surface area contributed by atoms with Gasteiger partial charge in [-0.2, -0.15) is 0 Å².